The third-order valence-corrected chi connectivity index (χ3v) is 5.98. The van der Waals surface area contributed by atoms with E-state index in [9.17, 15) is 4.39 Å². The summed E-state index contributed by atoms with van der Waals surface area (Å²) in [6, 6.07) is 10.5. The number of aryl methyl sites for hydroxylation is 1. The highest BCUT2D eigenvalue weighted by atomic mass is 35.5. The van der Waals surface area contributed by atoms with E-state index in [0.29, 0.717) is 10.7 Å². The van der Waals surface area contributed by atoms with Crippen LogP contribution in [-0.4, -0.2) is 44.3 Å². The summed E-state index contributed by atoms with van der Waals surface area (Å²) in [5.74, 6) is -0.339. The zero-order valence-corrected chi connectivity index (χ0v) is 17.0. The first-order valence-corrected chi connectivity index (χ1v) is 10.3. The van der Waals surface area contributed by atoms with Crippen molar-refractivity contribution in [1.82, 2.24) is 4.90 Å². The molecule has 0 unspecified atom stereocenters. The fourth-order valence-corrected chi connectivity index (χ4v) is 4.24. The number of hydrogen-bond acceptors (Lipinski definition) is 4. The van der Waals surface area contributed by atoms with E-state index in [2.05, 4.69) is 34.6 Å². The van der Waals surface area contributed by atoms with E-state index >= 15 is 0 Å². The van der Waals surface area contributed by atoms with Gasteiger partial charge < -0.3 is 20.3 Å². The summed E-state index contributed by atoms with van der Waals surface area (Å²) in [7, 11) is 0. The Labute approximate surface area is 171 Å². The standard InChI is InChI=1S/C22H27ClFN3O/c1-16-10-18(26-21-6-4-17(24)11-19(21)23)5-7-20(16)25-12-22(14-28-15-22)13-27-8-2-3-9-27/h4-7,10-11,25-26H,2-3,8-9,12-15H2,1H3. The molecule has 2 aromatic carbocycles. The van der Waals surface area contributed by atoms with Gasteiger partial charge in [0.25, 0.3) is 0 Å². The van der Waals surface area contributed by atoms with Gasteiger partial charge in [-0.1, -0.05) is 11.6 Å². The Morgan fingerprint density at radius 2 is 1.86 bits per heavy atom. The van der Waals surface area contributed by atoms with Crippen molar-refractivity contribution < 1.29 is 9.13 Å². The van der Waals surface area contributed by atoms with Crippen LogP contribution < -0.4 is 10.6 Å². The minimum atomic E-state index is -0.339. The molecule has 2 heterocycles. The second-order valence-corrected chi connectivity index (χ2v) is 8.52. The number of benzene rings is 2. The molecule has 28 heavy (non-hydrogen) atoms. The van der Waals surface area contributed by atoms with Gasteiger partial charge in [-0.25, -0.2) is 4.39 Å². The van der Waals surface area contributed by atoms with Crippen molar-refractivity contribution in [3.8, 4) is 0 Å². The number of rotatable bonds is 7. The van der Waals surface area contributed by atoms with Gasteiger partial charge in [-0.2, -0.15) is 0 Å². The number of anilines is 3. The fourth-order valence-electron chi connectivity index (χ4n) is 4.02. The third kappa shape index (κ3) is 4.43. The molecule has 0 amide bonds. The van der Waals surface area contributed by atoms with Crippen LogP contribution in [0.3, 0.4) is 0 Å². The van der Waals surface area contributed by atoms with E-state index in [4.69, 9.17) is 16.3 Å². The minimum absolute atomic E-state index is 0.218. The molecule has 4 nitrogen and oxygen atoms in total. The Balaban J connectivity index is 1.38. The van der Waals surface area contributed by atoms with Gasteiger partial charge >= 0.3 is 0 Å². The van der Waals surface area contributed by atoms with Crippen LogP contribution in [0.25, 0.3) is 0 Å². The molecule has 0 saturated carbocycles. The van der Waals surface area contributed by atoms with Crippen LogP contribution in [0, 0.1) is 18.2 Å². The SMILES string of the molecule is Cc1cc(Nc2ccc(F)cc2Cl)ccc1NCC1(CN2CCCC2)COC1. The molecule has 2 aliphatic heterocycles. The molecule has 2 aromatic rings. The van der Waals surface area contributed by atoms with Gasteiger partial charge in [0.2, 0.25) is 0 Å². The first-order valence-electron chi connectivity index (χ1n) is 9.90. The highest BCUT2D eigenvalue weighted by Crippen LogP contribution is 2.32. The van der Waals surface area contributed by atoms with Crippen molar-refractivity contribution in [3.05, 3.63) is 52.8 Å². The zero-order valence-electron chi connectivity index (χ0n) is 16.2. The first-order chi connectivity index (χ1) is 13.5. The monoisotopic (exact) mass is 403 g/mol. The highest BCUT2D eigenvalue weighted by molar-refractivity contribution is 6.33. The lowest BCUT2D eigenvalue weighted by Crippen LogP contribution is -2.54. The maximum atomic E-state index is 13.2. The lowest BCUT2D eigenvalue weighted by Gasteiger charge is -2.44. The van der Waals surface area contributed by atoms with Gasteiger partial charge in [-0.3, -0.25) is 0 Å². The van der Waals surface area contributed by atoms with Gasteiger partial charge in [0.15, 0.2) is 0 Å². The summed E-state index contributed by atoms with van der Waals surface area (Å²) in [4.78, 5) is 2.57. The Bertz CT molecular complexity index is 835. The number of halogens is 2. The van der Waals surface area contributed by atoms with Crippen LogP contribution in [0.15, 0.2) is 36.4 Å². The molecule has 4 rings (SSSR count). The number of likely N-dealkylation sites (tertiary alicyclic amines) is 1. The van der Waals surface area contributed by atoms with Gasteiger partial charge in [0.05, 0.1) is 23.9 Å². The summed E-state index contributed by atoms with van der Waals surface area (Å²) in [6.07, 6.45) is 2.63. The highest BCUT2D eigenvalue weighted by Gasteiger charge is 2.40. The van der Waals surface area contributed by atoms with Crippen LogP contribution in [0.2, 0.25) is 5.02 Å². The largest absolute Gasteiger partial charge is 0.384 e. The second kappa shape index (κ2) is 8.27. The summed E-state index contributed by atoms with van der Waals surface area (Å²) >= 11 is 6.11. The fraction of sp³-hybridized carbons (Fsp3) is 0.455. The Morgan fingerprint density at radius 1 is 1.11 bits per heavy atom. The molecule has 0 spiro atoms. The van der Waals surface area contributed by atoms with Crippen LogP contribution in [0.1, 0.15) is 18.4 Å². The molecule has 0 atom stereocenters. The molecule has 0 aromatic heterocycles. The topological polar surface area (TPSA) is 36.5 Å². The minimum Gasteiger partial charge on any atom is -0.384 e. The number of hydrogen-bond donors (Lipinski definition) is 2. The van der Waals surface area contributed by atoms with E-state index in [0.717, 1.165) is 43.2 Å². The molecule has 2 aliphatic rings. The lowest BCUT2D eigenvalue weighted by molar-refractivity contribution is -0.116. The number of nitrogens with one attached hydrogen (secondary N) is 2. The van der Waals surface area contributed by atoms with Crippen molar-refractivity contribution in [2.45, 2.75) is 19.8 Å². The maximum Gasteiger partial charge on any atom is 0.124 e. The van der Waals surface area contributed by atoms with Gasteiger partial charge in [-0.05, 0) is 74.8 Å². The van der Waals surface area contributed by atoms with E-state index in [1.165, 1.54) is 38.1 Å². The average molecular weight is 404 g/mol. The molecule has 0 radical (unpaired) electrons. The quantitative estimate of drug-likeness (QED) is 0.677. The second-order valence-electron chi connectivity index (χ2n) is 8.11. The van der Waals surface area contributed by atoms with Gasteiger partial charge in [-0.15, -0.1) is 0 Å². The molecular weight excluding hydrogens is 377 g/mol. The van der Waals surface area contributed by atoms with Crippen LogP contribution in [-0.2, 0) is 4.74 Å². The Kier molecular flexibility index (Phi) is 5.76. The van der Waals surface area contributed by atoms with Crippen LogP contribution in [0.4, 0.5) is 21.5 Å². The summed E-state index contributed by atoms with van der Waals surface area (Å²) in [5.41, 5.74) is 4.12. The van der Waals surface area contributed by atoms with Crippen molar-refractivity contribution >= 4 is 28.7 Å². The summed E-state index contributed by atoms with van der Waals surface area (Å²) in [5, 5.41) is 7.26. The number of ether oxygens (including phenoxy) is 1. The number of nitrogens with zero attached hydrogens (tertiary/aromatic N) is 1. The van der Waals surface area contributed by atoms with Gasteiger partial charge in [0.1, 0.15) is 5.82 Å². The summed E-state index contributed by atoms with van der Waals surface area (Å²) in [6.45, 7) is 8.21. The van der Waals surface area contributed by atoms with E-state index in [1.54, 1.807) is 6.07 Å². The van der Waals surface area contributed by atoms with E-state index in [1.807, 2.05) is 6.07 Å². The molecular formula is C22H27ClFN3O. The average Bonchev–Trinajstić information content (AvgIpc) is 3.14. The zero-order chi connectivity index (χ0) is 19.6. The Morgan fingerprint density at radius 3 is 2.50 bits per heavy atom. The van der Waals surface area contributed by atoms with Crippen LogP contribution >= 0.6 is 11.6 Å². The molecule has 0 bridgehead atoms. The third-order valence-electron chi connectivity index (χ3n) is 5.66. The summed E-state index contributed by atoms with van der Waals surface area (Å²) < 4.78 is 18.8. The first kappa shape index (κ1) is 19.5. The van der Waals surface area contributed by atoms with Crippen molar-refractivity contribution in [3.63, 3.8) is 0 Å². The van der Waals surface area contributed by atoms with Crippen molar-refractivity contribution in [2.24, 2.45) is 5.41 Å². The van der Waals surface area contributed by atoms with Gasteiger partial charge in [0, 0.05) is 29.9 Å². The lowest BCUT2D eigenvalue weighted by atomic mass is 9.85. The molecule has 2 N–H and O–H groups in total. The van der Waals surface area contributed by atoms with E-state index in [-0.39, 0.29) is 11.2 Å². The molecule has 6 heteroatoms. The molecule has 0 aliphatic carbocycles. The molecule has 2 saturated heterocycles. The Hall–Kier alpha value is -1.82. The molecule has 2 fully saturated rings. The van der Waals surface area contributed by atoms with Crippen molar-refractivity contribution in [2.75, 3.05) is 50.0 Å². The normalized spacial score (nSPS) is 18.7. The predicted octanol–water partition coefficient (Wildman–Crippen LogP) is 5.06. The molecule has 150 valence electrons. The smallest absolute Gasteiger partial charge is 0.124 e. The van der Waals surface area contributed by atoms with E-state index < -0.39 is 0 Å². The maximum absolute atomic E-state index is 13.2. The predicted molar refractivity (Wildman–Crippen MR) is 113 cm³/mol. The van der Waals surface area contributed by atoms with Crippen molar-refractivity contribution in [1.29, 1.82) is 0 Å². The van der Waals surface area contributed by atoms with Crippen LogP contribution in [0.5, 0.6) is 0 Å².